The Morgan fingerprint density at radius 1 is 1.50 bits per heavy atom. The average Bonchev–Trinajstić information content (AvgIpc) is 2.37. The standard InChI is InChI=1S/C4HF3S.C4H6O2/c5-2-1-8-4(7)3(2)6;1-4(6)2-3-5/h1H;3H,2H2,1H3. The predicted octanol–water partition coefficient (Wildman–Crippen LogP) is 2.33. The minimum Gasteiger partial charge on any atom is -0.303 e. The monoisotopic (exact) mass is 224 g/mol. The minimum absolute atomic E-state index is 0.0556. The number of hydrogen-bond donors (Lipinski definition) is 0. The third-order valence-corrected chi connectivity index (χ3v) is 1.73. The molecule has 0 saturated heterocycles. The molecule has 0 bridgehead atoms. The van der Waals surface area contributed by atoms with Crippen molar-refractivity contribution in [3.63, 3.8) is 0 Å². The van der Waals surface area contributed by atoms with Crippen LogP contribution in [-0.2, 0) is 9.59 Å². The summed E-state index contributed by atoms with van der Waals surface area (Å²) in [4.78, 5) is 19.2. The zero-order valence-electron chi connectivity index (χ0n) is 7.22. The quantitative estimate of drug-likeness (QED) is 0.570. The smallest absolute Gasteiger partial charge is 0.215 e. The molecule has 0 unspecified atom stereocenters. The van der Waals surface area contributed by atoms with E-state index in [1.807, 2.05) is 0 Å². The summed E-state index contributed by atoms with van der Waals surface area (Å²) >= 11 is 0.414. The molecule has 78 valence electrons. The third-order valence-electron chi connectivity index (χ3n) is 1.02. The Morgan fingerprint density at radius 2 is 2.07 bits per heavy atom. The van der Waals surface area contributed by atoms with Crippen molar-refractivity contribution in [3.8, 4) is 0 Å². The fourth-order valence-electron chi connectivity index (χ4n) is 0.418. The van der Waals surface area contributed by atoms with Crippen molar-refractivity contribution in [3.05, 3.63) is 22.1 Å². The van der Waals surface area contributed by atoms with Gasteiger partial charge in [-0.05, 0) is 6.92 Å². The SMILES string of the molecule is CC(=O)CC=O.Fc1csc(F)c1F. The molecule has 0 radical (unpaired) electrons. The summed E-state index contributed by atoms with van der Waals surface area (Å²) in [5.41, 5.74) is 0. The number of aldehydes is 1. The Morgan fingerprint density at radius 3 is 2.14 bits per heavy atom. The maximum atomic E-state index is 11.8. The molecule has 0 aliphatic heterocycles. The highest BCUT2D eigenvalue weighted by molar-refractivity contribution is 7.08. The summed E-state index contributed by atoms with van der Waals surface area (Å²) in [5.74, 6) is -2.58. The van der Waals surface area contributed by atoms with Crippen LogP contribution in [0.15, 0.2) is 5.38 Å². The zero-order valence-corrected chi connectivity index (χ0v) is 8.04. The van der Waals surface area contributed by atoms with Gasteiger partial charge in [-0.3, -0.25) is 4.79 Å². The number of halogens is 3. The lowest BCUT2D eigenvalue weighted by molar-refractivity contribution is -0.120. The third kappa shape index (κ3) is 4.76. The van der Waals surface area contributed by atoms with Crippen molar-refractivity contribution < 1.29 is 22.8 Å². The van der Waals surface area contributed by atoms with Crippen molar-refractivity contribution in [2.45, 2.75) is 13.3 Å². The molecule has 0 amide bonds. The van der Waals surface area contributed by atoms with Crippen molar-refractivity contribution in [2.24, 2.45) is 0 Å². The van der Waals surface area contributed by atoms with E-state index in [1.54, 1.807) is 0 Å². The topological polar surface area (TPSA) is 34.1 Å². The molecule has 0 saturated carbocycles. The summed E-state index contributed by atoms with van der Waals surface area (Å²) in [6, 6.07) is 0. The number of ketones is 1. The van der Waals surface area contributed by atoms with Crippen LogP contribution in [0.4, 0.5) is 13.2 Å². The fourth-order valence-corrected chi connectivity index (χ4v) is 0.930. The molecule has 1 heterocycles. The molecule has 0 atom stereocenters. The van der Waals surface area contributed by atoms with Gasteiger partial charge in [0.15, 0.2) is 5.82 Å². The van der Waals surface area contributed by atoms with Crippen LogP contribution in [0.1, 0.15) is 13.3 Å². The van der Waals surface area contributed by atoms with E-state index in [2.05, 4.69) is 0 Å². The van der Waals surface area contributed by atoms with Crippen molar-refractivity contribution in [2.75, 3.05) is 0 Å². The molecule has 6 heteroatoms. The predicted molar refractivity (Wildman–Crippen MR) is 45.6 cm³/mol. The molecule has 0 N–H and O–H groups in total. The average molecular weight is 224 g/mol. The molecule has 0 aliphatic rings. The fraction of sp³-hybridized carbons (Fsp3) is 0.250. The summed E-state index contributed by atoms with van der Waals surface area (Å²) < 4.78 is 35.2. The number of Topliss-reactive ketones (excluding diaryl/α,β-unsaturated/α-hetero) is 1. The van der Waals surface area contributed by atoms with Gasteiger partial charge in [0.25, 0.3) is 0 Å². The first-order chi connectivity index (χ1) is 6.49. The van der Waals surface area contributed by atoms with Crippen molar-refractivity contribution >= 4 is 23.4 Å². The maximum absolute atomic E-state index is 11.8. The van der Waals surface area contributed by atoms with Crippen molar-refractivity contribution in [1.82, 2.24) is 0 Å². The van der Waals surface area contributed by atoms with Gasteiger partial charge < -0.3 is 4.79 Å². The second-order valence-corrected chi connectivity index (χ2v) is 3.07. The van der Waals surface area contributed by atoms with E-state index in [4.69, 9.17) is 0 Å². The lowest BCUT2D eigenvalue weighted by Gasteiger charge is -1.74. The van der Waals surface area contributed by atoms with E-state index < -0.39 is 16.8 Å². The van der Waals surface area contributed by atoms with E-state index in [9.17, 15) is 22.8 Å². The summed E-state index contributed by atoms with van der Waals surface area (Å²) in [5, 5.41) is -0.312. The highest BCUT2D eigenvalue weighted by Gasteiger charge is 2.08. The van der Waals surface area contributed by atoms with Gasteiger partial charge >= 0.3 is 0 Å². The van der Waals surface area contributed by atoms with E-state index in [-0.39, 0.29) is 12.2 Å². The van der Waals surface area contributed by atoms with Gasteiger partial charge in [0.2, 0.25) is 10.9 Å². The van der Waals surface area contributed by atoms with Crippen LogP contribution >= 0.6 is 11.3 Å². The van der Waals surface area contributed by atoms with Gasteiger partial charge in [0.05, 0.1) is 6.42 Å². The van der Waals surface area contributed by atoms with Gasteiger partial charge in [-0.2, -0.15) is 8.78 Å². The first-order valence-corrected chi connectivity index (χ1v) is 4.38. The maximum Gasteiger partial charge on any atom is 0.215 e. The van der Waals surface area contributed by atoms with Gasteiger partial charge in [-0.1, -0.05) is 0 Å². The molecule has 1 aromatic heterocycles. The molecule has 0 aliphatic carbocycles. The molecule has 0 fully saturated rings. The lowest BCUT2D eigenvalue weighted by Crippen LogP contribution is -1.87. The van der Waals surface area contributed by atoms with Crippen LogP contribution in [0, 0.1) is 16.8 Å². The summed E-state index contributed by atoms with van der Waals surface area (Å²) in [6.45, 7) is 1.38. The van der Waals surface area contributed by atoms with Gasteiger partial charge in [-0.15, -0.1) is 11.3 Å². The van der Waals surface area contributed by atoms with Crippen LogP contribution < -0.4 is 0 Å². The van der Waals surface area contributed by atoms with E-state index in [0.717, 1.165) is 5.38 Å². The number of carbonyl (C=O) groups is 2. The summed E-state index contributed by atoms with van der Waals surface area (Å²) in [7, 11) is 0. The summed E-state index contributed by atoms with van der Waals surface area (Å²) in [6.07, 6.45) is 0.655. The normalized spacial score (nSPS) is 8.86. The van der Waals surface area contributed by atoms with Gasteiger partial charge in [-0.25, -0.2) is 4.39 Å². The Balaban J connectivity index is 0.000000255. The number of rotatable bonds is 2. The molecule has 14 heavy (non-hydrogen) atoms. The Hall–Kier alpha value is -1.17. The minimum atomic E-state index is -1.38. The van der Waals surface area contributed by atoms with Gasteiger partial charge in [0, 0.05) is 5.38 Å². The molecule has 0 spiro atoms. The Bertz CT molecular complexity index is 303. The van der Waals surface area contributed by atoms with E-state index in [1.165, 1.54) is 6.92 Å². The second kappa shape index (κ2) is 6.31. The molecule has 2 nitrogen and oxygen atoms in total. The number of hydrogen-bond acceptors (Lipinski definition) is 3. The van der Waals surface area contributed by atoms with E-state index in [0.29, 0.717) is 17.6 Å². The highest BCUT2D eigenvalue weighted by Crippen LogP contribution is 2.16. The van der Waals surface area contributed by atoms with Crippen LogP contribution in [-0.4, -0.2) is 12.1 Å². The Kier molecular flexibility index (Phi) is 5.78. The first-order valence-electron chi connectivity index (χ1n) is 3.50. The van der Waals surface area contributed by atoms with Crippen LogP contribution in [0.25, 0.3) is 0 Å². The van der Waals surface area contributed by atoms with Crippen LogP contribution in [0.2, 0.25) is 0 Å². The van der Waals surface area contributed by atoms with Crippen molar-refractivity contribution in [1.29, 1.82) is 0 Å². The van der Waals surface area contributed by atoms with Crippen LogP contribution in [0.5, 0.6) is 0 Å². The Labute approximate surface area is 82.4 Å². The molecule has 1 rings (SSSR count). The van der Waals surface area contributed by atoms with Gasteiger partial charge in [0.1, 0.15) is 12.1 Å². The second-order valence-electron chi connectivity index (χ2n) is 2.24. The lowest BCUT2D eigenvalue weighted by atomic mass is 10.3. The number of thiophene rings is 1. The molecule has 0 aromatic carbocycles. The molecular formula is C8H7F3O2S. The van der Waals surface area contributed by atoms with Crippen LogP contribution in [0.3, 0.4) is 0 Å². The molecule has 1 aromatic rings. The molecular weight excluding hydrogens is 217 g/mol. The largest absolute Gasteiger partial charge is 0.303 e. The first kappa shape index (κ1) is 12.8. The highest BCUT2D eigenvalue weighted by atomic mass is 32.1. The number of carbonyl (C=O) groups excluding carboxylic acids is 2. The zero-order chi connectivity index (χ0) is 11.1. The van der Waals surface area contributed by atoms with E-state index >= 15 is 0 Å².